The molecule has 0 saturated carbocycles. The van der Waals surface area contributed by atoms with Gasteiger partial charge in [-0.3, -0.25) is 9.59 Å². The lowest BCUT2D eigenvalue weighted by Crippen LogP contribution is -2.20. The minimum absolute atomic E-state index is 0.0174. The normalized spacial score (nSPS) is 13.5. The Hall–Kier alpha value is -2.30. The third-order valence-corrected chi connectivity index (χ3v) is 4.59. The second-order valence-electron chi connectivity index (χ2n) is 6.64. The molecule has 0 atom stereocenters. The number of rotatable bonds is 7. The van der Waals surface area contributed by atoms with Crippen molar-refractivity contribution < 1.29 is 18.7 Å². The largest absolute Gasteiger partial charge is 0.461 e. The molecular formula is C20H25NO4. The van der Waals surface area contributed by atoms with E-state index in [1.165, 1.54) is 25.3 Å². The van der Waals surface area contributed by atoms with E-state index in [4.69, 9.17) is 9.15 Å². The number of esters is 1. The van der Waals surface area contributed by atoms with Gasteiger partial charge in [0.15, 0.2) is 0 Å². The van der Waals surface area contributed by atoms with Gasteiger partial charge in [-0.1, -0.05) is 6.42 Å². The highest BCUT2D eigenvalue weighted by molar-refractivity contribution is 5.85. The lowest BCUT2D eigenvalue weighted by Gasteiger charge is -2.09. The third-order valence-electron chi connectivity index (χ3n) is 4.59. The van der Waals surface area contributed by atoms with Gasteiger partial charge in [-0.15, -0.1) is 0 Å². The number of hydrogen-bond donors (Lipinski definition) is 1. The lowest BCUT2D eigenvalue weighted by atomic mass is 9.96. The number of hydrogen-bond acceptors (Lipinski definition) is 4. The Balaban J connectivity index is 1.50. The second kappa shape index (κ2) is 8.19. The molecule has 0 aliphatic heterocycles. The molecule has 0 saturated heterocycles. The number of furan rings is 1. The number of nitrogens with one attached hydrogen (secondary N) is 1. The minimum atomic E-state index is -0.212. The van der Waals surface area contributed by atoms with Crippen LogP contribution < -0.4 is 10.1 Å². The van der Waals surface area contributed by atoms with Crippen LogP contribution in [0.4, 0.5) is 0 Å². The van der Waals surface area contributed by atoms with Gasteiger partial charge in [-0.05, 0) is 50.3 Å². The van der Waals surface area contributed by atoms with Crippen LogP contribution in [0.3, 0.4) is 0 Å². The van der Waals surface area contributed by atoms with Gasteiger partial charge in [-0.25, -0.2) is 0 Å². The van der Waals surface area contributed by atoms with E-state index in [-0.39, 0.29) is 11.9 Å². The number of ether oxygens (including phenoxy) is 1. The molecule has 1 N–H and O–H groups in total. The molecule has 0 spiro atoms. The summed E-state index contributed by atoms with van der Waals surface area (Å²) in [5.74, 6) is 1.45. The van der Waals surface area contributed by atoms with E-state index in [0.29, 0.717) is 18.7 Å². The summed E-state index contributed by atoms with van der Waals surface area (Å²) in [5.41, 5.74) is 2.15. The van der Waals surface area contributed by atoms with E-state index in [9.17, 15) is 9.59 Å². The summed E-state index contributed by atoms with van der Waals surface area (Å²) in [6.45, 7) is 2.16. The Morgan fingerprint density at radius 2 is 2.00 bits per heavy atom. The maximum atomic E-state index is 12.0. The standard InChI is InChI=1S/C20H25NO4/c1-14(22)21-12-6-2-3-9-20(23)24-15-10-11-19-17(13-15)16-7-4-5-8-18(16)25-19/h10-11,13H,2-9,12H2,1H3,(H,21,22). The van der Waals surface area contributed by atoms with Crippen molar-refractivity contribution in [2.75, 3.05) is 6.54 Å². The number of aryl methyl sites for hydroxylation is 2. The third kappa shape index (κ3) is 4.62. The summed E-state index contributed by atoms with van der Waals surface area (Å²) >= 11 is 0. The number of amides is 1. The summed E-state index contributed by atoms with van der Waals surface area (Å²) in [7, 11) is 0. The van der Waals surface area contributed by atoms with Crippen molar-refractivity contribution in [3.05, 3.63) is 29.5 Å². The monoisotopic (exact) mass is 343 g/mol. The Labute approximate surface area is 147 Å². The predicted octanol–water partition coefficient (Wildman–Crippen LogP) is 3.91. The highest BCUT2D eigenvalue weighted by Crippen LogP contribution is 2.34. The molecule has 1 aliphatic carbocycles. The number of carbonyl (C=O) groups excluding carboxylic acids is 2. The van der Waals surface area contributed by atoms with Crippen LogP contribution in [-0.2, 0) is 22.4 Å². The van der Waals surface area contributed by atoms with Crippen molar-refractivity contribution >= 4 is 22.8 Å². The summed E-state index contributed by atoms with van der Waals surface area (Å²) in [6.07, 6.45) is 7.32. The molecule has 5 heteroatoms. The van der Waals surface area contributed by atoms with Crippen LogP contribution in [0.25, 0.3) is 11.0 Å². The van der Waals surface area contributed by atoms with E-state index in [0.717, 1.165) is 48.8 Å². The molecule has 0 radical (unpaired) electrons. The zero-order valence-corrected chi connectivity index (χ0v) is 14.7. The molecule has 134 valence electrons. The molecule has 0 unspecified atom stereocenters. The van der Waals surface area contributed by atoms with Crippen LogP contribution >= 0.6 is 0 Å². The summed E-state index contributed by atoms with van der Waals surface area (Å²) in [6, 6.07) is 5.62. The van der Waals surface area contributed by atoms with Gasteiger partial charge in [0.1, 0.15) is 17.1 Å². The first-order valence-electron chi connectivity index (χ1n) is 9.13. The maximum absolute atomic E-state index is 12.0. The van der Waals surface area contributed by atoms with Gasteiger partial charge in [0.05, 0.1) is 0 Å². The van der Waals surface area contributed by atoms with E-state index in [1.807, 2.05) is 12.1 Å². The Kier molecular flexibility index (Phi) is 5.74. The molecule has 25 heavy (non-hydrogen) atoms. The average Bonchev–Trinajstić information content (AvgIpc) is 2.96. The molecule has 5 nitrogen and oxygen atoms in total. The maximum Gasteiger partial charge on any atom is 0.311 e. The molecule has 1 amide bonds. The fourth-order valence-corrected chi connectivity index (χ4v) is 3.32. The first kappa shape index (κ1) is 17.5. The Bertz CT molecular complexity index is 762. The number of carbonyl (C=O) groups is 2. The summed E-state index contributed by atoms with van der Waals surface area (Å²) in [5, 5.41) is 3.83. The zero-order valence-electron chi connectivity index (χ0n) is 14.7. The molecule has 2 aromatic rings. The van der Waals surface area contributed by atoms with Crippen molar-refractivity contribution in [2.45, 2.75) is 58.3 Å². The fraction of sp³-hybridized carbons (Fsp3) is 0.500. The second-order valence-corrected chi connectivity index (χ2v) is 6.64. The van der Waals surface area contributed by atoms with Gasteiger partial charge in [0.2, 0.25) is 5.91 Å². The zero-order chi connectivity index (χ0) is 17.6. The Morgan fingerprint density at radius 1 is 1.16 bits per heavy atom. The van der Waals surface area contributed by atoms with Gasteiger partial charge in [0.25, 0.3) is 0 Å². The van der Waals surface area contributed by atoms with E-state index in [2.05, 4.69) is 5.32 Å². The van der Waals surface area contributed by atoms with Crippen LogP contribution in [0.2, 0.25) is 0 Å². The van der Waals surface area contributed by atoms with Crippen molar-refractivity contribution in [1.29, 1.82) is 0 Å². The van der Waals surface area contributed by atoms with Crippen LogP contribution in [-0.4, -0.2) is 18.4 Å². The quantitative estimate of drug-likeness (QED) is 0.470. The highest BCUT2D eigenvalue weighted by Gasteiger charge is 2.18. The van der Waals surface area contributed by atoms with Crippen LogP contribution in [0.5, 0.6) is 5.75 Å². The number of benzene rings is 1. The summed E-state index contributed by atoms with van der Waals surface area (Å²) < 4.78 is 11.4. The predicted molar refractivity (Wildman–Crippen MR) is 95.6 cm³/mol. The van der Waals surface area contributed by atoms with Crippen molar-refractivity contribution in [3.8, 4) is 5.75 Å². The van der Waals surface area contributed by atoms with Crippen molar-refractivity contribution in [3.63, 3.8) is 0 Å². The molecule has 1 aliphatic rings. The van der Waals surface area contributed by atoms with Crippen LogP contribution in [0, 0.1) is 0 Å². The van der Waals surface area contributed by atoms with E-state index in [1.54, 1.807) is 6.07 Å². The smallest absolute Gasteiger partial charge is 0.311 e. The van der Waals surface area contributed by atoms with Crippen LogP contribution in [0.1, 0.15) is 56.8 Å². The first-order chi connectivity index (χ1) is 12.1. The molecule has 1 heterocycles. The topological polar surface area (TPSA) is 68.5 Å². The van der Waals surface area contributed by atoms with E-state index < -0.39 is 0 Å². The lowest BCUT2D eigenvalue weighted by molar-refractivity contribution is -0.134. The summed E-state index contributed by atoms with van der Waals surface area (Å²) in [4.78, 5) is 22.8. The number of unbranched alkanes of at least 4 members (excludes halogenated alkanes) is 2. The SMILES string of the molecule is CC(=O)NCCCCCC(=O)Oc1ccc2oc3c(c2c1)CCCC3. The fourth-order valence-electron chi connectivity index (χ4n) is 3.32. The number of fused-ring (bicyclic) bond motifs is 3. The van der Waals surface area contributed by atoms with Crippen LogP contribution in [0.15, 0.2) is 22.6 Å². The van der Waals surface area contributed by atoms with Crippen molar-refractivity contribution in [1.82, 2.24) is 5.32 Å². The Morgan fingerprint density at radius 3 is 2.84 bits per heavy atom. The van der Waals surface area contributed by atoms with Gasteiger partial charge < -0.3 is 14.5 Å². The molecule has 0 fully saturated rings. The molecular weight excluding hydrogens is 318 g/mol. The van der Waals surface area contributed by atoms with E-state index >= 15 is 0 Å². The highest BCUT2D eigenvalue weighted by atomic mass is 16.5. The molecule has 0 bridgehead atoms. The molecule has 1 aromatic heterocycles. The average molecular weight is 343 g/mol. The van der Waals surface area contributed by atoms with Gasteiger partial charge >= 0.3 is 5.97 Å². The minimum Gasteiger partial charge on any atom is -0.461 e. The first-order valence-corrected chi connectivity index (χ1v) is 9.13. The van der Waals surface area contributed by atoms with Gasteiger partial charge in [-0.2, -0.15) is 0 Å². The van der Waals surface area contributed by atoms with Crippen molar-refractivity contribution in [2.24, 2.45) is 0 Å². The molecule has 1 aromatic carbocycles. The van der Waals surface area contributed by atoms with Gasteiger partial charge in [0, 0.05) is 37.3 Å². The molecule has 3 rings (SSSR count).